The van der Waals surface area contributed by atoms with Gasteiger partial charge in [-0.15, -0.1) is 0 Å². The lowest BCUT2D eigenvalue weighted by molar-refractivity contribution is -0.216. The molecule has 1 fully saturated rings. The van der Waals surface area contributed by atoms with E-state index in [1.54, 1.807) is 42.5 Å². The molecule has 0 radical (unpaired) electrons. The van der Waals surface area contributed by atoms with Gasteiger partial charge in [-0.25, -0.2) is 9.13 Å². The van der Waals surface area contributed by atoms with Crippen molar-refractivity contribution in [3.05, 3.63) is 109 Å². The number of hydrogen-bond acceptors (Lipinski definition) is 15. The first-order valence-electron chi connectivity index (χ1n) is 23.7. The van der Waals surface area contributed by atoms with E-state index in [4.69, 9.17) is 18.5 Å². The van der Waals surface area contributed by atoms with Crippen LogP contribution in [0.2, 0.25) is 0 Å². The molecule has 0 heterocycles. The Kier molecular flexibility index (Phi) is 35.3. The first-order chi connectivity index (χ1) is 32.9. The van der Waals surface area contributed by atoms with Crippen LogP contribution in [-0.4, -0.2) is 125 Å². The molecule has 0 aliphatic heterocycles. The molecule has 5 unspecified atom stereocenters. The molecule has 1 aliphatic rings. The molecule has 1 aliphatic carbocycles. The Morgan fingerprint density at radius 1 is 0.551 bits per heavy atom. The van der Waals surface area contributed by atoms with Crippen molar-refractivity contribution >= 4 is 27.6 Å². The zero-order valence-corrected chi connectivity index (χ0v) is 41.7. The van der Waals surface area contributed by atoms with Gasteiger partial charge in [-0.05, 0) is 70.6 Å². The summed E-state index contributed by atoms with van der Waals surface area (Å²) in [6.45, 7) is 2.61. The third kappa shape index (κ3) is 33.0. The number of esters is 2. The van der Waals surface area contributed by atoms with Crippen LogP contribution < -0.4 is 0 Å². The first kappa shape index (κ1) is 63.6. The van der Waals surface area contributed by atoms with E-state index in [0.29, 0.717) is 32.1 Å². The van der Waals surface area contributed by atoms with Gasteiger partial charge in [0.2, 0.25) is 0 Å². The van der Waals surface area contributed by atoms with E-state index >= 15 is 0 Å². The highest BCUT2D eigenvalue weighted by atomic mass is 31.2. The van der Waals surface area contributed by atoms with Crippen LogP contribution in [0.1, 0.15) is 117 Å². The summed E-state index contributed by atoms with van der Waals surface area (Å²) in [4.78, 5) is 54.3. The van der Waals surface area contributed by atoms with Crippen LogP contribution in [0.4, 0.5) is 0 Å². The summed E-state index contributed by atoms with van der Waals surface area (Å²) in [5.74, 6) is -1.42. The number of hydrogen-bond donors (Lipinski definition) is 9. The smallest absolute Gasteiger partial charge is 0.462 e. The van der Waals surface area contributed by atoms with Gasteiger partial charge < -0.3 is 54.8 Å². The van der Waals surface area contributed by atoms with Crippen molar-refractivity contribution in [2.75, 3.05) is 13.2 Å². The zero-order chi connectivity index (χ0) is 51.3. The Morgan fingerprint density at radius 2 is 1.10 bits per heavy atom. The second-order valence-corrected chi connectivity index (χ2v) is 18.7. The Balaban J connectivity index is 2.71. The molecule has 0 aromatic rings. The number of phosphoric ester groups is 2. The van der Waals surface area contributed by atoms with E-state index in [1.807, 2.05) is 37.3 Å². The minimum Gasteiger partial charge on any atom is -0.462 e. The van der Waals surface area contributed by atoms with Gasteiger partial charge in [-0.2, -0.15) is 0 Å². The summed E-state index contributed by atoms with van der Waals surface area (Å²) in [5.41, 5.74) is 0. The van der Waals surface area contributed by atoms with Crippen molar-refractivity contribution < 1.29 is 87.1 Å². The number of allylic oxidation sites excluding steroid dienone is 14. The maximum Gasteiger partial charge on any atom is 0.472 e. The molecule has 10 atom stereocenters. The molecule has 0 bridgehead atoms. The van der Waals surface area contributed by atoms with Crippen molar-refractivity contribution in [3.8, 4) is 0 Å². The fraction of sp³-hybridized carbons (Fsp3) is 0.592. The molecular formula is C49H78O18P2. The number of carbonyl (C=O) groups excluding carboxylic acids is 2. The molecule has 392 valence electrons. The average Bonchev–Trinajstić information content (AvgIpc) is 3.29. The predicted molar refractivity (Wildman–Crippen MR) is 262 cm³/mol. The number of unbranched alkanes of at least 4 members (excludes halogenated alkanes) is 6. The van der Waals surface area contributed by atoms with E-state index in [1.165, 1.54) is 0 Å². The summed E-state index contributed by atoms with van der Waals surface area (Å²) < 4.78 is 49.2. The van der Waals surface area contributed by atoms with Gasteiger partial charge in [0.05, 0.1) is 18.8 Å². The number of carbonyl (C=O) groups is 2. The summed E-state index contributed by atoms with van der Waals surface area (Å²) in [6, 6.07) is 0. The highest BCUT2D eigenvalue weighted by Gasteiger charge is 2.54. The molecule has 9 N–H and O–H groups in total. The van der Waals surface area contributed by atoms with Crippen LogP contribution in [-0.2, 0) is 41.8 Å². The Morgan fingerprint density at radius 3 is 1.77 bits per heavy atom. The van der Waals surface area contributed by atoms with Crippen molar-refractivity contribution in [2.45, 2.75) is 172 Å². The lowest BCUT2D eigenvalue weighted by atomic mass is 9.85. The highest BCUT2D eigenvalue weighted by Crippen LogP contribution is 2.49. The minimum absolute atomic E-state index is 0.0257. The molecule has 0 spiro atoms. The van der Waals surface area contributed by atoms with Crippen molar-refractivity contribution in [1.82, 2.24) is 0 Å². The maximum absolute atomic E-state index is 13.0. The monoisotopic (exact) mass is 1020 g/mol. The molecule has 0 aromatic heterocycles. The van der Waals surface area contributed by atoms with Gasteiger partial charge in [0, 0.05) is 12.8 Å². The summed E-state index contributed by atoms with van der Waals surface area (Å²) >= 11 is 0. The number of aliphatic hydroxyl groups is 6. The number of ether oxygens (including phenoxy) is 2. The van der Waals surface area contributed by atoms with Crippen molar-refractivity contribution in [2.24, 2.45) is 0 Å². The van der Waals surface area contributed by atoms with Gasteiger partial charge >= 0.3 is 27.6 Å². The predicted octanol–water partition coefficient (Wildman–Crippen LogP) is 6.89. The average molecular weight is 1020 g/mol. The van der Waals surface area contributed by atoms with E-state index in [9.17, 15) is 64.0 Å². The quantitative estimate of drug-likeness (QED) is 0.0101. The fourth-order valence-corrected chi connectivity index (χ4v) is 7.91. The largest absolute Gasteiger partial charge is 0.472 e. The number of phosphoric acid groups is 2. The molecule has 20 heteroatoms. The van der Waals surface area contributed by atoms with Crippen LogP contribution in [0.5, 0.6) is 0 Å². The molecule has 1 saturated carbocycles. The van der Waals surface area contributed by atoms with Gasteiger partial charge in [-0.1, -0.05) is 142 Å². The lowest BCUT2D eigenvalue weighted by Crippen LogP contribution is -2.64. The molecule has 0 saturated heterocycles. The van der Waals surface area contributed by atoms with Gasteiger partial charge in [0.25, 0.3) is 0 Å². The molecule has 69 heavy (non-hydrogen) atoms. The molecular weight excluding hydrogens is 938 g/mol. The highest BCUT2D eigenvalue weighted by molar-refractivity contribution is 7.47. The van der Waals surface area contributed by atoms with Crippen molar-refractivity contribution in [1.29, 1.82) is 0 Å². The number of rotatable bonds is 37. The second kappa shape index (κ2) is 38.3. The summed E-state index contributed by atoms with van der Waals surface area (Å²) in [5, 5.41) is 61.3. The standard InChI is InChI=1S/C49H78O18P2/c1-3-5-7-8-9-10-11-12-13-14-15-16-20-23-29-36-43(53)65-41(38-64-69(61,62)67-49-46(56)44(54)45(55)48(47(49)57)66-68(58,59)60)37-63-42(52)35-30-24-28-34-40(51)33-27-22-19-17-18-21-26-32-39(50)31-25-6-4-2/h5-7,9-10,12-13,18-19,21-22,25-28,32-34,39-41,44-51,54-57H,3-4,8,11,14-17,20,23-24,29-31,35-38H2,1-2H3,(H,61,62)(H2,58,59,60)/b7-5-,10-9-,13-12-,21-18-,22-19-,25-6-,32-26+,33-27+,34-28-/t39-,40-,41-,44?,45?,46?,47?,48-,49+/m1/s1. The van der Waals surface area contributed by atoms with E-state index in [2.05, 4.69) is 47.9 Å². The topological polar surface area (TPSA) is 296 Å². The van der Waals surface area contributed by atoms with E-state index < -0.39 is 95.7 Å². The minimum atomic E-state index is -5.40. The normalized spacial score (nSPS) is 23.0. The Hall–Kier alpha value is -3.42. The molecule has 0 amide bonds. The Labute approximate surface area is 407 Å². The van der Waals surface area contributed by atoms with Gasteiger partial charge in [-0.3, -0.25) is 23.2 Å². The van der Waals surface area contributed by atoms with Crippen LogP contribution >= 0.6 is 15.6 Å². The first-order valence-corrected chi connectivity index (χ1v) is 26.7. The third-order valence-electron chi connectivity index (χ3n) is 10.0. The lowest BCUT2D eigenvalue weighted by Gasteiger charge is -2.43. The van der Waals surface area contributed by atoms with Crippen LogP contribution in [0.15, 0.2) is 109 Å². The van der Waals surface area contributed by atoms with Crippen LogP contribution in [0.25, 0.3) is 0 Å². The summed E-state index contributed by atoms with van der Waals surface area (Å²) in [7, 11) is -10.8. The maximum atomic E-state index is 13.0. The Bertz CT molecular complexity index is 1780. The molecule has 18 nitrogen and oxygen atoms in total. The van der Waals surface area contributed by atoms with Crippen LogP contribution in [0.3, 0.4) is 0 Å². The number of aliphatic hydroxyl groups excluding tert-OH is 6. The second-order valence-electron chi connectivity index (χ2n) is 16.1. The van der Waals surface area contributed by atoms with Crippen molar-refractivity contribution in [3.63, 3.8) is 0 Å². The van der Waals surface area contributed by atoms with Gasteiger partial charge in [0.1, 0.15) is 43.2 Å². The molecule has 0 aromatic carbocycles. The summed E-state index contributed by atoms with van der Waals surface area (Å²) in [6.07, 6.45) is 28.2. The SMILES string of the molecule is CC/C=C\C/C=C\C/C=C\CCCCCCCC(=O)O[C@H](COC(=O)CCC/C=C\[C@H](O)/C=C/C=C\C/C=C\C=C\[C@H](O)C/C=C\CC)COP(=O)(O)O[C@H]1C(O)C(O)C(O)[C@@H](OP(=O)(O)O)C1O. The molecule has 1 rings (SSSR count). The van der Waals surface area contributed by atoms with Crippen LogP contribution in [0, 0.1) is 0 Å². The zero-order valence-electron chi connectivity index (χ0n) is 39.9. The van der Waals surface area contributed by atoms with E-state index in [0.717, 1.165) is 57.8 Å². The third-order valence-corrected chi connectivity index (χ3v) is 11.5. The van der Waals surface area contributed by atoms with E-state index in [-0.39, 0.29) is 12.8 Å². The fourth-order valence-electron chi connectivity index (χ4n) is 6.37. The van der Waals surface area contributed by atoms with Gasteiger partial charge in [0.15, 0.2) is 6.10 Å².